The molecule has 0 unspecified atom stereocenters. The number of amides is 1. The van der Waals surface area contributed by atoms with Crippen LogP contribution in [-0.2, 0) is 4.79 Å². The van der Waals surface area contributed by atoms with Crippen molar-refractivity contribution >= 4 is 12.0 Å². The molecule has 1 aliphatic heterocycles. The summed E-state index contributed by atoms with van der Waals surface area (Å²) < 4.78 is 0. The van der Waals surface area contributed by atoms with Crippen LogP contribution < -0.4 is 0 Å². The fourth-order valence-electron chi connectivity index (χ4n) is 1.81. The van der Waals surface area contributed by atoms with E-state index in [-0.39, 0.29) is 24.7 Å². The average Bonchev–Trinajstić information content (AvgIpc) is 2.69. The molecule has 1 aliphatic rings. The number of aliphatic hydroxyl groups is 2. The summed E-state index contributed by atoms with van der Waals surface area (Å²) in [5.74, 6) is -0.0806. The first-order chi connectivity index (χ1) is 8.56. The summed E-state index contributed by atoms with van der Waals surface area (Å²) in [5, 5.41) is 27.8. The highest BCUT2D eigenvalue weighted by Gasteiger charge is 2.31. The van der Waals surface area contributed by atoms with E-state index in [4.69, 9.17) is 5.11 Å². The number of β-amino-alcohol motifs (C(OH)–C–C–N with tert-alkyl or cyclic N) is 2. The van der Waals surface area contributed by atoms with Crippen LogP contribution in [-0.4, -0.2) is 51.4 Å². The predicted octanol–water partition coefficient (Wildman–Crippen LogP) is -0.0306. The second-order valence-electron chi connectivity index (χ2n) is 4.30. The average molecular weight is 249 g/mol. The van der Waals surface area contributed by atoms with E-state index in [1.165, 1.54) is 23.1 Å². The van der Waals surface area contributed by atoms with Crippen LogP contribution in [0.1, 0.15) is 5.56 Å². The van der Waals surface area contributed by atoms with E-state index in [1.807, 2.05) is 0 Å². The van der Waals surface area contributed by atoms with Crippen LogP contribution in [0.4, 0.5) is 0 Å². The molecule has 0 aromatic heterocycles. The number of aromatic hydroxyl groups is 1. The number of phenolic OH excluding ortho intramolecular Hbond substituents is 1. The van der Waals surface area contributed by atoms with Crippen LogP contribution in [0, 0.1) is 0 Å². The first-order valence-electron chi connectivity index (χ1n) is 5.68. The third-order valence-corrected chi connectivity index (χ3v) is 2.88. The largest absolute Gasteiger partial charge is 0.508 e. The Hall–Kier alpha value is -1.85. The maximum atomic E-state index is 11.7. The van der Waals surface area contributed by atoms with Crippen LogP contribution in [0.2, 0.25) is 0 Å². The molecule has 2 atom stereocenters. The van der Waals surface area contributed by atoms with Gasteiger partial charge in [0.05, 0.1) is 12.2 Å². The zero-order chi connectivity index (χ0) is 13.1. The second-order valence-corrected chi connectivity index (χ2v) is 4.30. The van der Waals surface area contributed by atoms with Gasteiger partial charge < -0.3 is 20.2 Å². The Balaban J connectivity index is 1.97. The monoisotopic (exact) mass is 249 g/mol. The maximum absolute atomic E-state index is 11.7. The molecule has 1 amide bonds. The molecule has 3 N–H and O–H groups in total. The van der Waals surface area contributed by atoms with Gasteiger partial charge in [-0.15, -0.1) is 0 Å². The normalized spacial score (nSPS) is 23.8. The van der Waals surface area contributed by atoms with E-state index in [2.05, 4.69) is 0 Å². The molecule has 18 heavy (non-hydrogen) atoms. The van der Waals surface area contributed by atoms with E-state index in [0.717, 1.165) is 5.56 Å². The molecule has 5 heteroatoms. The molecule has 1 aromatic carbocycles. The maximum Gasteiger partial charge on any atom is 0.246 e. The number of phenols is 1. The number of aliphatic hydroxyl groups excluding tert-OH is 2. The minimum absolute atomic E-state index is 0.153. The van der Waals surface area contributed by atoms with Crippen molar-refractivity contribution in [1.82, 2.24) is 4.90 Å². The highest BCUT2D eigenvalue weighted by atomic mass is 16.3. The first-order valence-corrected chi connectivity index (χ1v) is 5.68. The lowest BCUT2D eigenvalue weighted by Crippen LogP contribution is -2.27. The van der Waals surface area contributed by atoms with E-state index in [0.29, 0.717) is 0 Å². The van der Waals surface area contributed by atoms with Gasteiger partial charge in [-0.3, -0.25) is 4.79 Å². The quantitative estimate of drug-likeness (QED) is 0.643. The van der Waals surface area contributed by atoms with Crippen molar-refractivity contribution in [2.45, 2.75) is 12.2 Å². The second kappa shape index (κ2) is 5.20. The number of hydrogen-bond donors (Lipinski definition) is 3. The molecule has 0 aliphatic carbocycles. The zero-order valence-electron chi connectivity index (χ0n) is 9.73. The van der Waals surface area contributed by atoms with Gasteiger partial charge in [0.2, 0.25) is 5.91 Å². The van der Waals surface area contributed by atoms with Crippen LogP contribution in [0.15, 0.2) is 30.3 Å². The van der Waals surface area contributed by atoms with E-state index >= 15 is 0 Å². The number of carbonyl (C=O) groups excluding carboxylic acids is 1. The van der Waals surface area contributed by atoms with Crippen molar-refractivity contribution in [3.05, 3.63) is 35.9 Å². The highest BCUT2D eigenvalue weighted by Crippen LogP contribution is 2.13. The number of carbonyl (C=O) groups is 1. The highest BCUT2D eigenvalue weighted by molar-refractivity contribution is 5.92. The van der Waals surface area contributed by atoms with Crippen molar-refractivity contribution < 1.29 is 20.1 Å². The molecule has 96 valence electrons. The Bertz CT molecular complexity index is 445. The van der Waals surface area contributed by atoms with Gasteiger partial charge in [0.1, 0.15) is 5.75 Å². The topological polar surface area (TPSA) is 81.0 Å². The summed E-state index contributed by atoms with van der Waals surface area (Å²) in [4.78, 5) is 13.1. The Morgan fingerprint density at radius 3 is 2.28 bits per heavy atom. The number of benzene rings is 1. The van der Waals surface area contributed by atoms with Crippen LogP contribution in [0.3, 0.4) is 0 Å². The van der Waals surface area contributed by atoms with Gasteiger partial charge in [0.25, 0.3) is 0 Å². The minimum atomic E-state index is -0.865. The fraction of sp³-hybridized carbons (Fsp3) is 0.308. The minimum Gasteiger partial charge on any atom is -0.508 e. The van der Waals surface area contributed by atoms with Gasteiger partial charge in [-0.2, -0.15) is 0 Å². The predicted molar refractivity (Wildman–Crippen MR) is 65.7 cm³/mol. The summed E-state index contributed by atoms with van der Waals surface area (Å²) in [5.41, 5.74) is 0.793. The molecular formula is C13H15NO4. The number of hydrogen-bond acceptors (Lipinski definition) is 4. The molecule has 1 aromatic rings. The van der Waals surface area contributed by atoms with Gasteiger partial charge in [0, 0.05) is 19.2 Å². The Labute approximate surface area is 105 Å². The molecule has 0 saturated carbocycles. The zero-order valence-corrected chi connectivity index (χ0v) is 9.73. The summed E-state index contributed by atoms with van der Waals surface area (Å²) in [6.07, 6.45) is 1.28. The van der Waals surface area contributed by atoms with Gasteiger partial charge >= 0.3 is 0 Å². The van der Waals surface area contributed by atoms with Crippen LogP contribution >= 0.6 is 0 Å². The van der Waals surface area contributed by atoms with Crippen molar-refractivity contribution in [2.75, 3.05) is 13.1 Å². The van der Waals surface area contributed by atoms with E-state index in [1.54, 1.807) is 18.2 Å². The molecule has 1 fully saturated rings. The standard InChI is InChI=1S/C13H15NO4/c15-10-4-1-9(2-5-10)3-6-13(18)14-7-11(16)12(17)8-14/h1-6,11-12,15-17H,7-8H2/t11-,12+. The molecule has 1 heterocycles. The lowest BCUT2D eigenvalue weighted by Gasteiger charge is -2.11. The van der Waals surface area contributed by atoms with E-state index in [9.17, 15) is 15.0 Å². The molecule has 5 nitrogen and oxygen atoms in total. The third-order valence-electron chi connectivity index (χ3n) is 2.88. The van der Waals surface area contributed by atoms with Crippen molar-refractivity contribution in [3.63, 3.8) is 0 Å². The van der Waals surface area contributed by atoms with Crippen molar-refractivity contribution in [3.8, 4) is 5.75 Å². The third kappa shape index (κ3) is 2.88. The van der Waals surface area contributed by atoms with Crippen molar-refractivity contribution in [2.24, 2.45) is 0 Å². The van der Waals surface area contributed by atoms with Crippen LogP contribution in [0.25, 0.3) is 6.08 Å². The fourth-order valence-corrected chi connectivity index (χ4v) is 1.81. The molecule has 0 radical (unpaired) electrons. The Morgan fingerprint density at radius 1 is 1.17 bits per heavy atom. The number of likely N-dealkylation sites (tertiary alicyclic amines) is 1. The lowest BCUT2D eigenvalue weighted by atomic mass is 10.2. The summed E-state index contributed by atoms with van der Waals surface area (Å²) in [6.45, 7) is 0.305. The molecule has 0 bridgehead atoms. The van der Waals surface area contributed by atoms with Crippen molar-refractivity contribution in [1.29, 1.82) is 0 Å². The van der Waals surface area contributed by atoms with Gasteiger partial charge in [-0.05, 0) is 23.8 Å². The molecular weight excluding hydrogens is 234 g/mol. The molecule has 0 spiro atoms. The Kier molecular flexibility index (Phi) is 3.64. The number of rotatable bonds is 2. The van der Waals surface area contributed by atoms with Crippen LogP contribution in [0.5, 0.6) is 5.75 Å². The van der Waals surface area contributed by atoms with Gasteiger partial charge in [-0.1, -0.05) is 12.1 Å². The first kappa shape index (κ1) is 12.6. The summed E-state index contributed by atoms with van der Waals surface area (Å²) in [6, 6.07) is 6.45. The molecule has 1 saturated heterocycles. The number of nitrogens with zero attached hydrogens (tertiary/aromatic N) is 1. The SMILES string of the molecule is O=C(C=Cc1ccc(O)cc1)N1C[C@@H](O)[C@@H](O)C1. The molecule has 2 rings (SSSR count). The van der Waals surface area contributed by atoms with Gasteiger partial charge in [0.15, 0.2) is 0 Å². The van der Waals surface area contributed by atoms with Gasteiger partial charge in [-0.25, -0.2) is 0 Å². The van der Waals surface area contributed by atoms with E-state index < -0.39 is 12.2 Å². The summed E-state index contributed by atoms with van der Waals surface area (Å²) in [7, 11) is 0. The Morgan fingerprint density at radius 2 is 1.72 bits per heavy atom. The summed E-state index contributed by atoms with van der Waals surface area (Å²) >= 11 is 0. The smallest absolute Gasteiger partial charge is 0.246 e. The lowest BCUT2D eigenvalue weighted by molar-refractivity contribution is -0.125.